The van der Waals surface area contributed by atoms with E-state index in [2.05, 4.69) is 5.16 Å². The molecule has 0 saturated heterocycles. The van der Waals surface area contributed by atoms with Crippen molar-refractivity contribution in [1.82, 2.24) is 5.16 Å². The molecule has 0 bridgehead atoms. The molecule has 0 aliphatic carbocycles. The molecule has 25 heavy (non-hydrogen) atoms. The summed E-state index contributed by atoms with van der Waals surface area (Å²) in [5, 5.41) is 4.37. The van der Waals surface area contributed by atoms with Gasteiger partial charge in [0, 0.05) is 16.7 Å². The minimum atomic E-state index is -0.496. The van der Waals surface area contributed by atoms with Crippen LogP contribution < -0.4 is 4.74 Å². The van der Waals surface area contributed by atoms with E-state index >= 15 is 0 Å². The van der Waals surface area contributed by atoms with E-state index in [0.717, 1.165) is 11.3 Å². The summed E-state index contributed by atoms with van der Waals surface area (Å²) < 4.78 is 16.1. The fraction of sp³-hybridized carbons (Fsp3) is 0.158. The van der Waals surface area contributed by atoms with Crippen LogP contribution in [-0.4, -0.2) is 11.1 Å². The first-order chi connectivity index (χ1) is 12.1. The number of hydrogen-bond acceptors (Lipinski definition) is 5. The summed E-state index contributed by atoms with van der Waals surface area (Å²) in [4.78, 5) is 12.3. The summed E-state index contributed by atoms with van der Waals surface area (Å²) in [5.41, 5.74) is 1.91. The molecule has 0 fully saturated rings. The highest BCUT2D eigenvalue weighted by molar-refractivity contribution is 6.31. The first-order valence-electron chi connectivity index (χ1n) is 7.68. The SMILES string of the molecule is Cc1cc(COC(=O)c2ccccc2OCc2ccccc2Cl)on1. The van der Waals surface area contributed by atoms with Crippen LogP contribution in [0, 0.1) is 6.92 Å². The highest BCUT2D eigenvalue weighted by Gasteiger charge is 2.15. The standard InChI is InChI=1S/C19H16ClNO4/c1-13-10-15(25-21-13)12-24-19(22)16-7-3-5-9-18(16)23-11-14-6-2-4-8-17(14)20/h2-10H,11-12H2,1H3. The molecule has 0 atom stereocenters. The highest BCUT2D eigenvalue weighted by Crippen LogP contribution is 2.23. The minimum absolute atomic E-state index is 0.0124. The second kappa shape index (κ2) is 7.85. The number of esters is 1. The van der Waals surface area contributed by atoms with Gasteiger partial charge in [0.15, 0.2) is 12.4 Å². The average Bonchev–Trinajstić information content (AvgIpc) is 3.04. The third-order valence-electron chi connectivity index (χ3n) is 3.47. The van der Waals surface area contributed by atoms with Gasteiger partial charge in [-0.15, -0.1) is 0 Å². The fourth-order valence-corrected chi connectivity index (χ4v) is 2.42. The summed E-state index contributed by atoms with van der Waals surface area (Å²) in [6, 6.07) is 16.0. The molecule has 6 heteroatoms. The first-order valence-corrected chi connectivity index (χ1v) is 8.06. The maximum atomic E-state index is 12.3. The number of aryl methyl sites for hydroxylation is 1. The van der Waals surface area contributed by atoms with E-state index < -0.39 is 5.97 Å². The number of para-hydroxylation sites is 1. The molecule has 5 nitrogen and oxygen atoms in total. The molecule has 0 aliphatic heterocycles. The third kappa shape index (κ3) is 4.39. The molecule has 1 aromatic heterocycles. The Morgan fingerprint density at radius 3 is 2.64 bits per heavy atom. The van der Waals surface area contributed by atoms with E-state index in [9.17, 15) is 4.79 Å². The molecule has 128 valence electrons. The van der Waals surface area contributed by atoms with Crippen molar-refractivity contribution in [3.8, 4) is 5.75 Å². The minimum Gasteiger partial charge on any atom is -0.488 e. The molecular weight excluding hydrogens is 342 g/mol. The van der Waals surface area contributed by atoms with Gasteiger partial charge >= 0.3 is 5.97 Å². The lowest BCUT2D eigenvalue weighted by atomic mass is 10.2. The Labute approximate surface area is 150 Å². The predicted molar refractivity (Wildman–Crippen MR) is 92.6 cm³/mol. The van der Waals surface area contributed by atoms with E-state index in [0.29, 0.717) is 22.1 Å². The van der Waals surface area contributed by atoms with E-state index in [-0.39, 0.29) is 13.2 Å². The third-order valence-corrected chi connectivity index (χ3v) is 3.84. The zero-order chi connectivity index (χ0) is 17.6. The molecule has 3 rings (SSSR count). The van der Waals surface area contributed by atoms with Crippen molar-refractivity contribution >= 4 is 17.6 Å². The van der Waals surface area contributed by atoms with Crippen LogP contribution in [0.3, 0.4) is 0 Å². The van der Waals surface area contributed by atoms with Gasteiger partial charge in [-0.1, -0.05) is 47.1 Å². The molecule has 2 aromatic carbocycles. The molecule has 0 saturated carbocycles. The van der Waals surface area contributed by atoms with Crippen LogP contribution in [0.2, 0.25) is 5.02 Å². The van der Waals surface area contributed by atoms with Gasteiger partial charge in [0.25, 0.3) is 0 Å². The van der Waals surface area contributed by atoms with Crippen LogP contribution in [0.25, 0.3) is 0 Å². The fourth-order valence-electron chi connectivity index (χ4n) is 2.23. The number of halogens is 1. The monoisotopic (exact) mass is 357 g/mol. The van der Waals surface area contributed by atoms with Gasteiger partial charge in [-0.2, -0.15) is 0 Å². The lowest BCUT2D eigenvalue weighted by molar-refractivity contribution is 0.0432. The lowest BCUT2D eigenvalue weighted by Gasteiger charge is -2.11. The van der Waals surface area contributed by atoms with Crippen LogP contribution >= 0.6 is 11.6 Å². The number of rotatable bonds is 6. The average molecular weight is 358 g/mol. The van der Waals surface area contributed by atoms with Crippen molar-refractivity contribution in [3.05, 3.63) is 82.2 Å². The Balaban J connectivity index is 1.67. The number of nitrogens with zero attached hydrogens (tertiary/aromatic N) is 1. The van der Waals surface area contributed by atoms with E-state index in [1.165, 1.54) is 0 Å². The van der Waals surface area contributed by atoms with Crippen LogP contribution in [0.1, 0.15) is 27.4 Å². The highest BCUT2D eigenvalue weighted by atomic mass is 35.5. The number of aromatic nitrogens is 1. The number of hydrogen-bond donors (Lipinski definition) is 0. The zero-order valence-corrected chi connectivity index (χ0v) is 14.3. The van der Waals surface area contributed by atoms with Crippen molar-refractivity contribution in [2.75, 3.05) is 0 Å². The van der Waals surface area contributed by atoms with Crippen LogP contribution in [-0.2, 0) is 18.0 Å². The van der Waals surface area contributed by atoms with Crippen LogP contribution in [0.4, 0.5) is 0 Å². The van der Waals surface area contributed by atoms with Crippen molar-refractivity contribution in [2.24, 2.45) is 0 Å². The zero-order valence-electron chi connectivity index (χ0n) is 13.6. The first kappa shape index (κ1) is 17.0. The molecule has 0 unspecified atom stereocenters. The Kier molecular flexibility index (Phi) is 5.36. The molecule has 0 N–H and O–H groups in total. The van der Waals surface area contributed by atoms with Crippen molar-refractivity contribution in [3.63, 3.8) is 0 Å². The summed E-state index contributed by atoms with van der Waals surface area (Å²) in [5.74, 6) is 0.422. The Morgan fingerprint density at radius 2 is 1.88 bits per heavy atom. The van der Waals surface area contributed by atoms with Crippen LogP contribution in [0.15, 0.2) is 59.1 Å². The van der Waals surface area contributed by atoms with Gasteiger partial charge in [0.1, 0.15) is 17.9 Å². The van der Waals surface area contributed by atoms with E-state index in [1.807, 2.05) is 18.2 Å². The molecule has 0 amide bonds. The molecule has 1 heterocycles. The molecule has 3 aromatic rings. The van der Waals surface area contributed by atoms with E-state index in [1.54, 1.807) is 43.3 Å². The molecule has 0 spiro atoms. The van der Waals surface area contributed by atoms with Gasteiger partial charge < -0.3 is 14.0 Å². The van der Waals surface area contributed by atoms with E-state index in [4.69, 9.17) is 25.6 Å². The Bertz CT molecular complexity index is 875. The topological polar surface area (TPSA) is 61.6 Å². The number of ether oxygens (including phenoxy) is 2. The van der Waals surface area contributed by atoms with Crippen molar-refractivity contribution in [2.45, 2.75) is 20.1 Å². The maximum Gasteiger partial charge on any atom is 0.342 e. The Hall–Kier alpha value is -2.79. The van der Waals surface area contributed by atoms with Crippen molar-refractivity contribution in [1.29, 1.82) is 0 Å². The van der Waals surface area contributed by atoms with Gasteiger partial charge in [-0.05, 0) is 25.1 Å². The smallest absolute Gasteiger partial charge is 0.342 e. The second-order valence-electron chi connectivity index (χ2n) is 5.39. The summed E-state index contributed by atoms with van der Waals surface area (Å²) in [6.07, 6.45) is 0. The van der Waals surface area contributed by atoms with Crippen molar-refractivity contribution < 1.29 is 18.8 Å². The summed E-state index contributed by atoms with van der Waals surface area (Å²) in [6.45, 7) is 2.07. The molecular formula is C19H16ClNO4. The quantitative estimate of drug-likeness (QED) is 0.604. The Morgan fingerprint density at radius 1 is 1.12 bits per heavy atom. The normalized spacial score (nSPS) is 10.5. The predicted octanol–water partition coefficient (Wildman–Crippen LogP) is 4.57. The number of carbonyl (C=O) groups excluding carboxylic acids is 1. The maximum absolute atomic E-state index is 12.3. The summed E-state index contributed by atoms with van der Waals surface area (Å²) >= 11 is 6.12. The van der Waals surface area contributed by atoms with Crippen LogP contribution in [0.5, 0.6) is 5.75 Å². The van der Waals surface area contributed by atoms with Gasteiger partial charge in [0.05, 0.1) is 5.69 Å². The van der Waals surface area contributed by atoms with Gasteiger partial charge in [0.2, 0.25) is 0 Å². The van der Waals surface area contributed by atoms with Gasteiger partial charge in [-0.3, -0.25) is 0 Å². The second-order valence-corrected chi connectivity index (χ2v) is 5.79. The lowest BCUT2D eigenvalue weighted by Crippen LogP contribution is -2.08. The number of benzene rings is 2. The number of carbonyl (C=O) groups is 1. The van der Waals surface area contributed by atoms with Gasteiger partial charge in [-0.25, -0.2) is 4.79 Å². The largest absolute Gasteiger partial charge is 0.488 e. The summed E-state index contributed by atoms with van der Waals surface area (Å²) in [7, 11) is 0. The molecule has 0 radical (unpaired) electrons. The molecule has 0 aliphatic rings.